The van der Waals surface area contributed by atoms with E-state index >= 15 is 0 Å². The molecule has 0 spiro atoms. The molecule has 0 aromatic carbocycles. The van der Waals surface area contributed by atoms with Crippen molar-refractivity contribution in [2.24, 2.45) is 5.92 Å². The van der Waals surface area contributed by atoms with Crippen molar-refractivity contribution in [1.29, 1.82) is 0 Å². The van der Waals surface area contributed by atoms with Gasteiger partial charge in [0.25, 0.3) is 0 Å². The van der Waals surface area contributed by atoms with E-state index in [9.17, 15) is 9.59 Å². The Labute approximate surface area is 84.7 Å². The standard InChI is InChI=1S/C10H19NO3/c1-4-8(5-2)7(3)11-9(12)6-10(13)14/h7-8H,4-6H2,1-3H3,(H,11,12)(H,13,14). The van der Waals surface area contributed by atoms with Crippen LogP contribution in [0.25, 0.3) is 0 Å². The highest BCUT2D eigenvalue weighted by molar-refractivity contribution is 5.93. The van der Waals surface area contributed by atoms with Crippen molar-refractivity contribution >= 4 is 11.9 Å². The summed E-state index contributed by atoms with van der Waals surface area (Å²) in [4.78, 5) is 21.3. The molecule has 14 heavy (non-hydrogen) atoms. The molecule has 0 saturated carbocycles. The number of hydrogen-bond donors (Lipinski definition) is 2. The monoisotopic (exact) mass is 201 g/mol. The summed E-state index contributed by atoms with van der Waals surface area (Å²) in [6.07, 6.45) is 1.54. The van der Waals surface area contributed by atoms with Crippen molar-refractivity contribution in [3.05, 3.63) is 0 Å². The lowest BCUT2D eigenvalue weighted by atomic mass is 9.95. The first-order valence-corrected chi connectivity index (χ1v) is 5.02. The lowest BCUT2D eigenvalue weighted by Gasteiger charge is -2.22. The number of rotatable bonds is 6. The Morgan fingerprint density at radius 1 is 1.29 bits per heavy atom. The average Bonchev–Trinajstić information content (AvgIpc) is 2.04. The van der Waals surface area contributed by atoms with Crippen LogP contribution in [0, 0.1) is 5.92 Å². The molecule has 0 fully saturated rings. The lowest BCUT2D eigenvalue weighted by molar-refractivity contribution is -0.140. The van der Waals surface area contributed by atoms with Crippen LogP contribution in [0.1, 0.15) is 40.0 Å². The van der Waals surface area contributed by atoms with Crippen molar-refractivity contribution in [2.75, 3.05) is 0 Å². The summed E-state index contributed by atoms with van der Waals surface area (Å²) < 4.78 is 0. The second-order valence-corrected chi connectivity index (χ2v) is 3.50. The minimum atomic E-state index is -1.08. The molecule has 0 aliphatic heterocycles. The fourth-order valence-corrected chi connectivity index (χ4v) is 1.56. The number of carboxylic acid groups (broad SMARTS) is 1. The third-order valence-electron chi connectivity index (χ3n) is 2.46. The maximum absolute atomic E-state index is 11.1. The number of aliphatic carboxylic acids is 1. The summed E-state index contributed by atoms with van der Waals surface area (Å²) in [5.41, 5.74) is 0. The van der Waals surface area contributed by atoms with E-state index < -0.39 is 18.3 Å². The predicted octanol–water partition coefficient (Wildman–Crippen LogP) is 1.40. The third-order valence-corrected chi connectivity index (χ3v) is 2.46. The summed E-state index contributed by atoms with van der Waals surface area (Å²) in [7, 11) is 0. The number of carboxylic acids is 1. The van der Waals surface area contributed by atoms with Crippen LogP contribution in [0.2, 0.25) is 0 Å². The largest absolute Gasteiger partial charge is 0.481 e. The van der Waals surface area contributed by atoms with E-state index in [0.29, 0.717) is 5.92 Å². The molecule has 82 valence electrons. The minimum Gasteiger partial charge on any atom is -0.481 e. The number of carbonyl (C=O) groups excluding carboxylic acids is 1. The maximum Gasteiger partial charge on any atom is 0.312 e. The third kappa shape index (κ3) is 4.84. The lowest BCUT2D eigenvalue weighted by Crippen LogP contribution is -2.38. The minimum absolute atomic E-state index is 0.0526. The fraction of sp³-hybridized carbons (Fsp3) is 0.800. The van der Waals surface area contributed by atoms with Gasteiger partial charge in [-0.15, -0.1) is 0 Å². The summed E-state index contributed by atoms with van der Waals surface area (Å²) in [5.74, 6) is -1.07. The predicted molar refractivity (Wildman–Crippen MR) is 53.9 cm³/mol. The van der Waals surface area contributed by atoms with Crippen LogP contribution in [-0.4, -0.2) is 23.0 Å². The zero-order valence-corrected chi connectivity index (χ0v) is 9.04. The van der Waals surface area contributed by atoms with Crippen molar-refractivity contribution in [2.45, 2.75) is 46.1 Å². The van der Waals surface area contributed by atoms with Gasteiger partial charge < -0.3 is 10.4 Å². The molecule has 0 saturated heterocycles. The molecule has 0 rings (SSSR count). The average molecular weight is 201 g/mol. The molecule has 1 unspecified atom stereocenters. The van der Waals surface area contributed by atoms with E-state index in [0.717, 1.165) is 12.8 Å². The Hall–Kier alpha value is -1.06. The quantitative estimate of drug-likeness (QED) is 0.638. The summed E-state index contributed by atoms with van der Waals surface area (Å²) in [6, 6.07) is 0.0526. The highest BCUT2D eigenvalue weighted by Crippen LogP contribution is 2.12. The second-order valence-electron chi connectivity index (χ2n) is 3.50. The van der Waals surface area contributed by atoms with E-state index in [2.05, 4.69) is 19.2 Å². The van der Waals surface area contributed by atoms with E-state index in [1.54, 1.807) is 0 Å². The first-order chi connectivity index (χ1) is 6.51. The Morgan fingerprint density at radius 3 is 2.14 bits per heavy atom. The Bertz CT molecular complexity index is 200. The summed E-state index contributed by atoms with van der Waals surface area (Å²) in [5, 5.41) is 11.1. The van der Waals surface area contributed by atoms with E-state index in [-0.39, 0.29) is 6.04 Å². The molecule has 1 amide bonds. The SMILES string of the molecule is CCC(CC)C(C)NC(=O)CC(=O)O. The molecular formula is C10H19NO3. The van der Waals surface area contributed by atoms with Gasteiger partial charge in [-0.3, -0.25) is 9.59 Å². The van der Waals surface area contributed by atoms with Crippen LogP contribution in [0.15, 0.2) is 0 Å². The van der Waals surface area contributed by atoms with Gasteiger partial charge in [-0.2, -0.15) is 0 Å². The molecule has 0 bridgehead atoms. The number of amides is 1. The van der Waals surface area contributed by atoms with Crippen LogP contribution < -0.4 is 5.32 Å². The topological polar surface area (TPSA) is 66.4 Å². The van der Waals surface area contributed by atoms with Crippen LogP contribution in [0.5, 0.6) is 0 Å². The van der Waals surface area contributed by atoms with Gasteiger partial charge in [-0.25, -0.2) is 0 Å². The number of nitrogens with one attached hydrogen (secondary N) is 1. The Kier molecular flexibility index (Phi) is 5.92. The van der Waals surface area contributed by atoms with Crippen molar-refractivity contribution < 1.29 is 14.7 Å². The molecular weight excluding hydrogens is 182 g/mol. The molecule has 0 aromatic heterocycles. The molecule has 4 nitrogen and oxygen atoms in total. The van der Waals surface area contributed by atoms with Gasteiger partial charge in [0.05, 0.1) is 0 Å². The Morgan fingerprint density at radius 2 is 1.79 bits per heavy atom. The first-order valence-electron chi connectivity index (χ1n) is 5.02. The van der Waals surface area contributed by atoms with Gasteiger partial charge in [-0.1, -0.05) is 26.7 Å². The first kappa shape index (κ1) is 12.9. The van der Waals surface area contributed by atoms with Crippen molar-refractivity contribution in [3.8, 4) is 0 Å². The molecule has 0 aliphatic rings. The fourth-order valence-electron chi connectivity index (χ4n) is 1.56. The van der Waals surface area contributed by atoms with E-state index in [4.69, 9.17) is 5.11 Å². The van der Waals surface area contributed by atoms with Crippen LogP contribution in [0.3, 0.4) is 0 Å². The number of hydrogen-bond acceptors (Lipinski definition) is 2. The highest BCUT2D eigenvalue weighted by atomic mass is 16.4. The molecule has 0 heterocycles. The van der Waals surface area contributed by atoms with Gasteiger partial charge >= 0.3 is 5.97 Å². The highest BCUT2D eigenvalue weighted by Gasteiger charge is 2.16. The normalized spacial score (nSPS) is 12.6. The smallest absolute Gasteiger partial charge is 0.312 e. The molecule has 4 heteroatoms. The molecule has 2 N–H and O–H groups in total. The molecule has 1 atom stereocenters. The molecule has 0 aliphatic carbocycles. The van der Waals surface area contributed by atoms with Crippen LogP contribution in [0.4, 0.5) is 0 Å². The van der Waals surface area contributed by atoms with Gasteiger partial charge in [0.1, 0.15) is 6.42 Å². The summed E-state index contributed by atoms with van der Waals surface area (Å²) >= 11 is 0. The van der Waals surface area contributed by atoms with Crippen molar-refractivity contribution in [1.82, 2.24) is 5.32 Å². The Balaban J connectivity index is 3.97. The maximum atomic E-state index is 11.1. The van der Waals surface area contributed by atoms with E-state index in [1.165, 1.54) is 0 Å². The van der Waals surface area contributed by atoms with E-state index in [1.807, 2.05) is 6.92 Å². The zero-order valence-electron chi connectivity index (χ0n) is 9.04. The van der Waals surface area contributed by atoms with Gasteiger partial charge in [0.2, 0.25) is 5.91 Å². The van der Waals surface area contributed by atoms with Gasteiger partial charge in [0, 0.05) is 6.04 Å². The van der Waals surface area contributed by atoms with Crippen LogP contribution >= 0.6 is 0 Å². The second kappa shape index (κ2) is 6.40. The summed E-state index contributed by atoms with van der Waals surface area (Å²) in [6.45, 7) is 6.04. The zero-order chi connectivity index (χ0) is 11.1. The number of carbonyl (C=O) groups is 2. The van der Waals surface area contributed by atoms with Gasteiger partial charge in [-0.05, 0) is 12.8 Å². The van der Waals surface area contributed by atoms with Crippen molar-refractivity contribution in [3.63, 3.8) is 0 Å². The van der Waals surface area contributed by atoms with Crippen LogP contribution in [-0.2, 0) is 9.59 Å². The van der Waals surface area contributed by atoms with Gasteiger partial charge in [0.15, 0.2) is 0 Å². The molecule has 0 radical (unpaired) electrons. The molecule has 0 aromatic rings.